The minimum atomic E-state index is -0.768. The Morgan fingerprint density at radius 1 is 1.56 bits per heavy atom. The first-order chi connectivity index (χ1) is 7.75. The van der Waals surface area contributed by atoms with Gasteiger partial charge in [0.05, 0.1) is 6.54 Å². The molecule has 6 nitrogen and oxygen atoms in total. The lowest BCUT2D eigenvalue weighted by Gasteiger charge is -1.98. The lowest BCUT2D eigenvalue weighted by molar-refractivity contribution is -0.137. The van der Waals surface area contributed by atoms with Crippen molar-refractivity contribution in [1.82, 2.24) is 15.5 Å². The van der Waals surface area contributed by atoms with Gasteiger partial charge in [-0.2, -0.15) is 4.98 Å². The average Bonchev–Trinajstić information content (AvgIpc) is 2.99. The molecule has 0 atom stereocenters. The average molecular weight is 225 g/mol. The van der Waals surface area contributed by atoms with Crippen molar-refractivity contribution in [3.05, 3.63) is 11.7 Å². The van der Waals surface area contributed by atoms with Gasteiger partial charge in [-0.3, -0.25) is 4.79 Å². The lowest BCUT2D eigenvalue weighted by atomic mass is 10.3. The highest BCUT2D eigenvalue weighted by molar-refractivity contribution is 5.66. The van der Waals surface area contributed by atoms with Gasteiger partial charge in [-0.1, -0.05) is 5.16 Å². The molecular weight excluding hydrogens is 210 g/mol. The molecule has 88 valence electrons. The molecule has 1 fully saturated rings. The zero-order chi connectivity index (χ0) is 11.4. The van der Waals surface area contributed by atoms with Crippen LogP contribution in [0.2, 0.25) is 0 Å². The number of carboxylic acid groups (broad SMARTS) is 1. The highest BCUT2D eigenvalue weighted by atomic mass is 16.5. The first-order valence-electron chi connectivity index (χ1n) is 5.50. The van der Waals surface area contributed by atoms with Crippen LogP contribution in [0.25, 0.3) is 0 Å². The number of carbonyl (C=O) groups is 1. The predicted octanol–water partition coefficient (Wildman–Crippen LogP) is 0.901. The normalized spacial score (nSPS) is 15.2. The Kier molecular flexibility index (Phi) is 3.51. The molecule has 0 saturated heterocycles. The third-order valence-electron chi connectivity index (χ3n) is 2.45. The molecule has 1 aliphatic rings. The minimum Gasteiger partial charge on any atom is -0.481 e. The summed E-state index contributed by atoms with van der Waals surface area (Å²) in [6, 6.07) is 0. The van der Waals surface area contributed by atoms with E-state index in [1.54, 1.807) is 0 Å². The Morgan fingerprint density at radius 2 is 2.38 bits per heavy atom. The lowest BCUT2D eigenvalue weighted by Crippen LogP contribution is -2.16. The van der Waals surface area contributed by atoms with Crippen LogP contribution in [0.5, 0.6) is 0 Å². The zero-order valence-corrected chi connectivity index (χ0v) is 8.98. The summed E-state index contributed by atoms with van der Waals surface area (Å²) < 4.78 is 5.05. The number of hydrogen-bond donors (Lipinski definition) is 2. The molecule has 0 aromatic carbocycles. The van der Waals surface area contributed by atoms with Crippen LogP contribution in [0.4, 0.5) is 0 Å². The molecule has 1 aliphatic carbocycles. The van der Waals surface area contributed by atoms with E-state index >= 15 is 0 Å². The maximum absolute atomic E-state index is 10.2. The second-order valence-corrected chi connectivity index (χ2v) is 3.99. The molecule has 1 aromatic heterocycles. The summed E-state index contributed by atoms with van der Waals surface area (Å²) in [5.74, 6) is 1.12. The highest BCUT2D eigenvalue weighted by Crippen LogP contribution is 2.37. The standard InChI is InChI=1S/C10H15N3O3/c14-9(15)2-1-5-11-6-8-12-10(13-16-8)7-3-4-7/h7,11H,1-6H2,(H,14,15). The summed E-state index contributed by atoms with van der Waals surface area (Å²) in [5.41, 5.74) is 0. The van der Waals surface area contributed by atoms with Crippen molar-refractivity contribution in [3.63, 3.8) is 0 Å². The van der Waals surface area contributed by atoms with E-state index in [0.717, 1.165) is 18.7 Å². The van der Waals surface area contributed by atoms with Gasteiger partial charge in [-0.05, 0) is 25.8 Å². The topological polar surface area (TPSA) is 88.2 Å². The highest BCUT2D eigenvalue weighted by Gasteiger charge is 2.28. The second-order valence-electron chi connectivity index (χ2n) is 3.99. The van der Waals surface area contributed by atoms with Gasteiger partial charge < -0.3 is 14.9 Å². The Hall–Kier alpha value is -1.43. The van der Waals surface area contributed by atoms with E-state index in [1.165, 1.54) is 0 Å². The summed E-state index contributed by atoms with van der Waals surface area (Å²) in [7, 11) is 0. The number of nitrogens with zero attached hydrogens (tertiary/aromatic N) is 2. The molecule has 6 heteroatoms. The molecule has 0 spiro atoms. The Labute approximate surface area is 93.0 Å². The van der Waals surface area contributed by atoms with Crippen LogP contribution in [0.1, 0.15) is 43.3 Å². The second kappa shape index (κ2) is 5.07. The molecule has 0 amide bonds. The fraction of sp³-hybridized carbons (Fsp3) is 0.700. The van der Waals surface area contributed by atoms with E-state index in [1.807, 2.05) is 0 Å². The Morgan fingerprint density at radius 3 is 3.06 bits per heavy atom. The van der Waals surface area contributed by atoms with E-state index in [2.05, 4.69) is 15.5 Å². The molecule has 0 bridgehead atoms. The Bertz CT molecular complexity index is 360. The molecule has 2 rings (SSSR count). The first kappa shape index (κ1) is 11.1. The fourth-order valence-corrected chi connectivity index (χ4v) is 1.41. The molecule has 0 radical (unpaired) electrons. The maximum Gasteiger partial charge on any atom is 0.303 e. The molecule has 1 heterocycles. The van der Waals surface area contributed by atoms with E-state index in [0.29, 0.717) is 31.3 Å². The number of aliphatic carboxylic acids is 1. The quantitative estimate of drug-likeness (QED) is 0.670. The fourth-order valence-electron chi connectivity index (χ4n) is 1.41. The largest absolute Gasteiger partial charge is 0.481 e. The van der Waals surface area contributed by atoms with Crippen molar-refractivity contribution in [3.8, 4) is 0 Å². The van der Waals surface area contributed by atoms with Crippen molar-refractivity contribution >= 4 is 5.97 Å². The number of nitrogens with one attached hydrogen (secondary N) is 1. The molecule has 2 N–H and O–H groups in total. The Balaban J connectivity index is 1.63. The summed E-state index contributed by atoms with van der Waals surface area (Å²) in [4.78, 5) is 14.5. The summed E-state index contributed by atoms with van der Waals surface area (Å²) in [6.07, 6.45) is 3.11. The predicted molar refractivity (Wildman–Crippen MR) is 54.8 cm³/mol. The van der Waals surface area contributed by atoms with E-state index < -0.39 is 5.97 Å². The van der Waals surface area contributed by atoms with Crippen LogP contribution in [-0.4, -0.2) is 27.8 Å². The van der Waals surface area contributed by atoms with Crippen molar-refractivity contribution in [2.75, 3.05) is 6.54 Å². The molecule has 0 aliphatic heterocycles. The van der Waals surface area contributed by atoms with Crippen molar-refractivity contribution in [2.24, 2.45) is 0 Å². The van der Waals surface area contributed by atoms with Crippen molar-refractivity contribution in [2.45, 2.75) is 38.1 Å². The third kappa shape index (κ3) is 3.30. The van der Waals surface area contributed by atoms with Crippen LogP contribution >= 0.6 is 0 Å². The van der Waals surface area contributed by atoms with Crippen LogP contribution in [0, 0.1) is 0 Å². The van der Waals surface area contributed by atoms with Gasteiger partial charge in [-0.15, -0.1) is 0 Å². The molecule has 1 aromatic rings. The van der Waals surface area contributed by atoms with Gasteiger partial charge in [0, 0.05) is 12.3 Å². The zero-order valence-electron chi connectivity index (χ0n) is 8.98. The molecule has 0 unspecified atom stereocenters. The number of aromatic nitrogens is 2. The molecule has 1 saturated carbocycles. The van der Waals surface area contributed by atoms with Gasteiger partial charge in [0.25, 0.3) is 0 Å². The number of carboxylic acids is 1. The third-order valence-corrected chi connectivity index (χ3v) is 2.45. The SMILES string of the molecule is O=C(O)CCCNCc1nc(C2CC2)no1. The van der Waals surface area contributed by atoms with Crippen LogP contribution in [0.15, 0.2) is 4.52 Å². The van der Waals surface area contributed by atoms with E-state index in [-0.39, 0.29) is 6.42 Å². The summed E-state index contributed by atoms with van der Waals surface area (Å²) in [5, 5.41) is 15.4. The van der Waals surface area contributed by atoms with Crippen molar-refractivity contribution in [1.29, 1.82) is 0 Å². The van der Waals surface area contributed by atoms with E-state index in [9.17, 15) is 4.79 Å². The monoisotopic (exact) mass is 225 g/mol. The minimum absolute atomic E-state index is 0.185. The summed E-state index contributed by atoms with van der Waals surface area (Å²) >= 11 is 0. The van der Waals surface area contributed by atoms with E-state index in [4.69, 9.17) is 9.63 Å². The van der Waals surface area contributed by atoms with Gasteiger partial charge in [0.15, 0.2) is 5.82 Å². The maximum atomic E-state index is 10.2. The van der Waals surface area contributed by atoms with Crippen LogP contribution in [0.3, 0.4) is 0 Å². The van der Waals surface area contributed by atoms with Crippen LogP contribution < -0.4 is 5.32 Å². The smallest absolute Gasteiger partial charge is 0.303 e. The van der Waals surface area contributed by atoms with Crippen molar-refractivity contribution < 1.29 is 14.4 Å². The number of hydrogen-bond acceptors (Lipinski definition) is 5. The van der Waals surface area contributed by atoms with Crippen LogP contribution in [-0.2, 0) is 11.3 Å². The molecule has 16 heavy (non-hydrogen) atoms. The number of rotatable bonds is 7. The van der Waals surface area contributed by atoms with Gasteiger partial charge in [0.2, 0.25) is 5.89 Å². The first-order valence-corrected chi connectivity index (χ1v) is 5.50. The molecular formula is C10H15N3O3. The summed E-state index contributed by atoms with van der Waals surface area (Å²) in [6.45, 7) is 1.16. The van der Waals surface area contributed by atoms with Gasteiger partial charge >= 0.3 is 5.97 Å². The van der Waals surface area contributed by atoms with Gasteiger partial charge in [0.1, 0.15) is 0 Å². The van der Waals surface area contributed by atoms with Gasteiger partial charge in [-0.25, -0.2) is 0 Å².